The third-order valence-electron chi connectivity index (χ3n) is 4.54. The van der Waals surface area contributed by atoms with Gasteiger partial charge in [0.1, 0.15) is 18.2 Å². The number of nitrogens with one attached hydrogen (secondary N) is 2. The molecule has 2 N–H and O–H groups in total. The molecule has 1 heterocycles. The summed E-state index contributed by atoms with van der Waals surface area (Å²) in [5.41, 5.74) is -0.134. The number of likely N-dealkylation sites (tertiary alicyclic amines) is 1. The topological polar surface area (TPSA) is 87.7 Å². The summed E-state index contributed by atoms with van der Waals surface area (Å²) in [6, 6.07) is 8.70. The molecular formula is C18H25N3O4. The molecule has 1 aromatic carbocycles. The van der Waals surface area contributed by atoms with Gasteiger partial charge in [0.2, 0.25) is 11.8 Å². The number of carbonyl (C=O) groups excluding carboxylic acids is 3. The summed E-state index contributed by atoms with van der Waals surface area (Å²) >= 11 is 0. The van der Waals surface area contributed by atoms with Crippen molar-refractivity contribution in [3.05, 3.63) is 35.9 Å². The highest BCUT2D eigenvalue weighted by Gasteiger charge is 2.47. The van der Waals surface area contributed by atoms with Crippen molar-refractivity contribution in [1.29, 1.82) is 0 Å². The molecule has 2 rings (SSSR count). The fraction of sp³-hybridized carbons (Fsp3) is 0.500. The summed E-state index contributed by atoms with van der Waals surface area (Å²) < 4.78 is 5.36. The lowest BCUT2D eigenvalue weighted by Crippen LogP contribution is -2.58. The Labute approximate surface area is 147 Å². The molecule has 0 saturated carbocycles. The van der Waals surface area contributed by atoms with Crippen LogP contribution in [0.4, 0.5) is 4.79 Å². The molecule has 1 fully saturated rings. The molecule has 0 bridgehead atoms. The van der Waals surface area contributed by atoms with E-state index in [0.29, 0.717) is 19.4 Å². The molecule has 2 atom stereocenters. The van der Waals surface area contributed by atoms with E-state index >= 15 is 0 Å². The van der Waals surface area contributed by atoms with E-state index in [4.69, 9.17) is 4.74 Å². The second kappa shape index (κ2) is 8.00. The Morgan fingerprint density at radius 2 is 1.96 bits per heavy atom. The number of rotatable bonds is 5. The SMILES string of the molecule is CNC(=O)[C@H](C)NC(=O)[C@]1(C)CCCN1C(=O)OCc1ccccc1. The second-order valence-electron chi connectivity index (χ2n) is 6.38. The van der Waals surface area contributed by atoms with Gasteiger partial charge in [-0.15, -0.1) is 0 Å². The lowest BCUT2D eigenvalue weighted by Gasteiger charge is -2.33. The largest absolute Gasteiger partial charge is 0.445 e. The molecule has 3 amide bonds. The molecule has 25 heavy (non-hydrogen) atoms. The van der Waals surface area contributed by atoms with Gasteiger partial charge in [0, 0.05) is 13.6 Å². The highest BCUT2D eigenvalue weighted by atomic mass is 16.6. The number of hydrogen-bond donors (Lipinski definition) is 2. The van der Waals surface area contributed by atoms with Gasteiger partial charge in [-0.2, -0.15) is 0 Å². The first-order valence-corrected chi connectivity index (χ1v) is 8.39. The van der Waals surface area contributed by atoms with Crippen LogP contribution in [0.5, 0.6) is 0 Å². The molecule has 0 radical (unpaired) electrons. The van der Waals surface area contributed by atoms with Gasteiger partial charge in [0.05, 0.1) is 0 Å². The summed E-state index contributed by atoms with van der Waals surface area (Å²) in [5, 5.41) is 5.16. The van der Waals surface area contributed by atoms with E-state index in [9.17, 15) is 14.4 Å². The van der Waals surface area contributed by atoms with Gasteiger partial charge >= 0.3 is 6.09 Å². The first-order chi connectivity index (χ1) is 11.9. The molecule has 7 heteroatoms. The number of benzene rings is 1. The Kier molecular flexibility index (Phi) is 6.01. The Morgan fingerprint density at radius 1 is 1.28 bits per heavy atom. The fourth-order valence-electron chi connectivity index (χ4n) is 2.92. The van der Waals surface area contributed by atoms with E-state index in [1.165, 1.54) is 11.9 Å². The fourth-order valence-corrected chi connectivity index (χ4v) is 2.92. The first kappa shape index (κ1) is 18.8. The maximum atomic E-state index is 12.6. The highest BCUT2D eigenvalue weighted by molar-refractivity contribution is 5.93. The molecule has 136 valence electrons. The maximum Gasteiger partial charge on any atom is 0.410 e. The van der Waals surface area contributed by atoms with Gasteiger partial charge in [-0.3, -0.25) is 14.5 Å². The van der Waals surface area contributed by atoms with Gasteiger partial charge in [-0.05, 0) is 32.3 Å². The van der Waals surface area contributed by atoms with Crippen LogP contribution < -0.4 is 10.6 Å². The Morgan fingerprint density at radius 3 is 2.60 bits per heavy atom. The minimum absolute atomic E-state index is 0.155. The van der Waals surface area contributed by atoms with E-state index in [1.54, 1.807) is 13.8 Å². The molecular weight excluding hydrogens is 322 g/mol. The van der Waals surface area contributed by atoms with E-state index in [2.05, 4.69) is 10.6 Å². The molecule has 1 aliphatic heterocycles. The van der Waals surface area contributed by atoms with E-state index in [1.807, 2.05) is 30.3 Å². The number of carbonyl (C=O) groups is 3. The number of hydrogen-bond acceptors (Lipinski definition) is 4. The van der Waals surface area contributed by atoms with Gasteiger partial charge < -0.3 is 15.4 Å². The number of nitrogens with zero attached hydrogens (tertiary/aromatic N) is 1. The summed E-state index contributed by atoms with van der Waals surface area (Å²) in [6.45, 7) is 3.91. The second-order valence-corrected chi connectivity index (χ2v) is 6.38. The van der Waals surface area contributed by atoms with Gasteiger partial charge in [0.25, 0.3) is 0 Å². The van der Waals surface area contributed by atoms with Gasteiger partial charge in [-0.1, -0.05) is 30.3 Å². The van der Waals surface area contributed by atoms with E-state index in [0.717, 1.165) is 5.56 Å². The van der Waals surface area contributed by atoms with Crippen LogP contribution in [-0.2, 0) is 20.9 Å². The molecule has 1 saturated heterocycles. The van der Waals surface area contributed by atoms with E-state index < -0.39 is 17.7 Å². The zero-order chi connectivity index (χ0) is 18.4. The number of likely N-dealkylation sites (N-methyl/N-ethyl adjacent to an activating group) is 1. The standard InChI is InChI=1S/C18H25N3O4/c1-13(15(22)19-3)20-16(23)18(2)10-7-11-21(18)17(24)25-12-14-8-5-4-6-9-14/h4-6,8-9,13H,7,10-12H2,1-3H3,(H,19,22)(H,20,23)/t13-,18-/m0/s1. The highest BCUT2D eigenvalue weighted by Crippen LogP contribution is 2.30. The average Bonchev–Trinajstić information content (AvgIpc) is 3.02. The monoisotopic (exact) mass is 347 g/mol. The molecule has 0 unspecified atom stereocenters. The van der Waals surface area contributed by atoms with Crippen LogP contribution in [0.25, 0.3) is 0 Å². The van der Waals surface area contributed by atoms with Crippen molar-refractivity contribution in [2.45, 2.75) is 44.9 Å². The van der Waals surface area contributed by atoms with Crippen LogP contribution in [0.1, 0.15) is 32.3 Å². The molecule has 0 aromatic heterocycles. The Balaban J connectivity index is 2.00. The van der Waals surface area contributed by atoms with Crippen molar-refractivity contribution in [3.8, 4) is 0 Å². The lowest BCUT2D eigenvalue weighted by atomic mass is 9.97. The molecule has 1 aliphatic rings. The van der Waals surface area contributed by atoms with Crippen LogP contribution in [0.3, 0.4) is 0 Å². The number of ether oxygens (including phenoxy) is 1. The summed E-state index contributed by atoms with van der Waals surface area (Å²) in [6.07, 6.45) is 0.713. The minimum atomic E-state index is -1.02. The third kappa shape index (κ3) is 4.29. The van der Waals surface area contributed by atoms with Gasteiger partial charge in [-0.25, -0.2) is 4.79 Å². The van der Waals surface area contributed by atoms with Crippen molar-refractivity contribution in [3.63, 3.8) is 0 Å². The summed E-state index contributed by atoms with van der Waals surface area (Å²) in [7, 11) is 1.51. The van der Waals surface area contributed by atoms with Crippen LogP contribution in [0.15, 0.2) is 30.3 Å². The van der Waals surface area contributed by atoms with Gasteiger partial charge in [0.15, 0.2) is 0 Å². The predicted molar refractivity (Wildman–Crippen MR) is 92.6 cm³/mol. The molecule has 7 nitrogen and oxygen atoms in total. The van der Waals surface area contributed by atoms with Crippen LogP contribution in [-0.4, -0.2) is 48.0 Å². The number of amides is 3. The predicted octanol–water partition coefficient (Wildman–Crippen LogP) is 1.43. The summed E-state index contributed by atoms with van der Waals surface area (Å²) in [5.74, 6) is -0.633. The van der Waals surface area contributed by atoms with Crippen molar-refractivity contribution >= 4 is 17.9 Å². The lowest BCUT2D eigenvalue weighted by molar-refractivity contribution is -0.134. The van der Waals surface area contributed by atoms with Crippen LogP contribution in [0.2, 0.25) is 0 Å². The molecule has 0 aliphatic carbocycles. The Hall–Kier alpha value is -2.57. The van der Waals surface area contributed by atoms with E-state index in [-0.39, 0.29) is 18.4 Å². The van der Waals surface area contributed by atoms with Crippen molar-refractivity contribution in [2.24, 2.45) is 0 Å². The zero-order valence-corrected chi connectivity index (χ0v) is 14.9. The van der Waals surface area contributed by atoms with Crippen LogP contribution in [0, 0.1) is 0 Å². The van der Waals surface area contributed by atoms with Crippen molar-refractivity contribution in [1.82, 2.24) is 15.5 Å². The van der Waals surface area contributed by atoms with Crippen molar-refractivity contribution < 1.29 is 19.1 Å². The normalized spacial score (nSPS) is 20.7. The quantitative estimate of drug-likeness (QED) is 0.843. The maximum absolute atomic E-state index is 12.6. The molecule has 1 aromatic rings. The van der Waals surface area contributed by atoms with Crippen molar-refractivity contribution in [2.75, 3.05) is 13.6 Å². The smallest absolute Gasteiger partial charge is 0.410 e. The van der Waals surface area contributed by atoms with Crippen LogP contribution >= 0.6 is 0 Å². The first-order valence-electron chi connectivity index (χ1n) is 8.39. The minimum Gasteiger partial charge on any atom is -0.445 e. The third-order valence-corrected chi connectivity index (χ3v) is 4.54. The molecule has 0 spiro atoms. The summed E-state index contributed by atoms with van der Waals surface area (Å²) in [4.78, 5) is 38.2. The zero-order valence-electron chi connectivity index (χ0n) is 14.9. The Bertz CT molecular complexity index is 634. The average molecular weight is 347 g/mol.